The second kappa shape index (κ2) is 6.91. The van der Waals surface area contributed by atoms with E-state index in [1.807, 2.05) is 0 Å². The first-order valence-electron chi connectivity index (χ1n) is 7.98. The lowest BCUT2D eigenvalue weighted by atomic mass is 10.2. The van der Waals surface area contributed by atoms with Crippen LogP contribution in [0.1, 0.15) is 18.4 Å². The van der Waals surface area contributed by atoms with E-state index in [4.69, 9.17) is 11.6 Å². The molecule has 0 radical (unpaired) electrons. The molecule has 1 saturated heterocycles. The van der Waals surface area contributed by atoms with Crippen molar-refractivity contribution in [1.82, 2.24) is 19.1 Å². The number of sulfone groups is 1. The maximum Gasteiger partial charge on any atom is 0.249 e. The minimum absolute atomic E-state index is 0.0934. The summed E-state index contributed by atoms with van der Waals surface area (Å²) in [7, 11) is -5.80. The van der Waals surface area contributed by atoms with Crippen LogP contribution in [0, 0.1) is 6.92 Å². The van der Waals surface area contributed by atoms with Crippen LogP contribution in [0.25, 0.3) is 0 Å². The van der Waals surface area contributed by atoms with Crippen LogP contribution >= 0.6 is 11.6 Å². The SMILES string of the molecule is Cc1ccc(S(=O)(=O)N2CCC(S(=O)(=O)c3nncn3C)CC2)cc1Cl. The number of piperidine rings is 1. The van der Waals surface area contributed by atoms with Gasteiger partial charge in [-0.1, -0.05) is 17.7 Å². The van der Waals surface area contributed by atoms with Crippen molar-refractivity contribution in [2.45, 2.75) is 35.1 Å². The molecule has 1 aromatic carbocycles. The average molecular weight is 419 g/mol. The molecule has 8 nitrogen and oxygen atoms in total. The summed E-state index contributed by atoms with van der Waals surface area (Å²) in [5.74, 6) is 0. The van der Waals surface area contributed by atoms with Crippen molar-refractivity contribution in [2.75, 3.05) is 13.1 Å². The minimum atomic E-state index is -3.71. The van der Waals surface area contributed by atoms with Gasteiger partial charge in [-0.2, -0.15) is 4.31 Å². The van der Waals surface area contributed by atoms with Crippen molar-refractivity contribution in [2.24, 2.45) is 7.05 Å². The van der Waals surface area contributed by atoms with E-state index in [0.29, 0.717) is 5.02 Å². The summed E-state index contributed by atoms with van der Waals surface area (Å²) in [6.07, 6.45) is 1.73. The lowest BCUT2D eigenvalue weighted by Gasteiger charge is -2.30. The van der Waals surface area contributed by atoms with Crippen LogP contribution in [0.15, 0.2) is 34.6 Å². The summed E-state index contributed by atoms with van der Waals surface area (Å²) in [5.41, 5.74) is 0.791. The van der Waals surface area contributed by atoms with E-state index in [9.17, 15) is 16.8 Å². The van der Waals surface area contributed by atoms with E-state index < -0.39 is 25.1 Å². The molecule has 0 saturated carbocycles. The van der Waals surface area contributed by atoms with E-state index in [2.05, 4.69) is 10.2 Å². The highest BCUT2D eigenvalue weighted by atomic mass is 35.5. The predicted octanol–water partition coefficient (Wildman–Crippen LogP) is 1.40. The smallest absolute Gasteiger partial charge is 0.249 e. The topological polar surface area (TPSA) is 102 Å². The summed E-state index contributed by atoms with van der Waals surface area (Å²) in [6.45, 7) is 2.03. The van der Waals surface area contributed by atoms with Crippen LogP contribution < -0.4 is 0 Å². The van der Waals surface area contributed by atoms with Gasteiger partial charge < -0.3 is 4.57 Å². The maximum absolute atomic E-state index is 12.8. The highest BCUT2D eigenvalue weighted by molar-refractivity contribution is 7.92. The number of hydrogen-bond donors (Lipinski definition) is 0. The summed E-state index contributed by atoms with van der Waals surface area (Å²) < 4.78 is 53.6. The normalized spacial score (nSPS) is 17.5. The quantitative estimate of drug-likeness (QED) is 0.743. The first-order chi connectivity index (χ1) is 12.1. The van der Waals surface area contributed by atoms with E-state index >= 15 is 0 Å². The molecule has 2 aromatic rings. The Labute approximate surface area is 157 Å². The van der Waals surface area contributed by atoms with Gasteiger partial charge in [0, 0.05) is 25.2 Å². The van der Waals surface area contributed by atoms with E-state index in [0.717, 1.165) is 5.56 Å². The number of halogens is 1. The molecular formula is C15H19ClN4O4S2. The molecular weight excluding hydrogens is 400 g/mol. The third-order valence-electron chi connectivity index (χ3n) is 4.55. The third kappa shape index (κ3) is 3.38. The summed E-state index contributed by atoms with van der Waals surface area (Å²) in [5, 5.41) is 6.89. The van der Waals surface area contributed by atoms with Crippen LogP contribution in [0.2, 0.25) is 5.02 Å². The minimum Gasteiger partial charge on any atom is -0.308 e. The molecule has 11 heteroatoms. The van der Waals surface area contributed by atoms with Gasteiger partial charge in [-0.3, -0.25) is 0 Å². The first-order valence-corrected chi connectivity index (χ1v) is 11.3. The number of sulfonamides is 1. The summed E-state index contributed by atoms with van der Waals surface area (Å²) >= 11 is 6.04. The number of aromatic nitrogens is 3. The van der Waals surface area contributed by atoms with Crippen LogP contribution in [0.5, 0.6) is 0 Å². The zero-order valence-corrected chi connectivity index (χ0v) is 16.7. The second-order valence-corrected chi connectivity index (χ2v) is 10.8. The Hall–Kier alpha value is -1.49. The fourth-order valence-corrected chi connectivity index (χ4v) is 6.43. The molecule has 142 valence electrons. The van der Waals surface area contributed by atoms with E-state index in [-0.39, 0.29) is 36.0 Å². The molecule has 1 aliphatic heterocycles. The van der Waals surface area contributed by atoms with Crippen molar-refractivity contribution in [3.63, 3.8) is 0 Å². The van der Waals surface area contributed by atoms with Crippen molar-refractivity contribution in [3.05, 3.63) is 35.1 Å². The lowest BCUT2D eigenvalue weighted by molar-refractivity contribution is 0.344. The van der Waals surface area contributed by atoms with Gasteiger partial charge in [0.2, 0.25) is 25.0 Å². The molecule has 0 amide bonds. The van der Waals surface area contributed by atoms with Crippen LogP contribution in [-0.4, -0.2) is 54.2 Å². The van der Waals surface area contributed by atoms with Gasteiger partial charge in [-0.25, -0.2) is 16.8 Å². The Bertz CT molecular complexity index is 1030. The van der Waals surface area contributed by atoms with Gasteiger partial charge >= 0.3 is 0 Å². The number of benzene rings is 1. The Balaban J connectivity index is 1.78. The molecule has 0 bridgehead atoms. The molecule has 1 fully saturated rings. The number of hydrogen-bond acceptors (Lipinski definition) is 6. The molecule has 1 aromatic heterocycles. The largest absolute Gasteiger partial charge is 0.308 e. The van der Waals surface area contributed by atoms with E-state index in [1.54, 1.807) is 20.0 Å². The standard InChI is InChI=1S/C15H19ClN4O4S2/c1-11-3-4-13(9-14(11)16)26(23,24)20-7-5-12(6-8-20)25(21,22)15-18-17-10-19(15)2/h3-4,9-10,12H,5-8H2,1-2H3. The molecule has 3 rings (SSSR count). The van der Waals surface area contributed by atoms with Gasteiger partial charge in [-0.05, 0) is 37.5 Å². The van der Waals surface area contributed by atoms with Gasteiger partial charge in [0.05, 0.1) is 10.1 Å². The summed E-state index contributed by atoms with van der Waals surface area (Å²) in [4.78, 5) is 0.114. The van der Waals surface area contributed by atoms with Crippen molar-refractivity contribution >= 4 is 31.5 Å². The van der Waals surface area contributed by atoms with Crippen molar-refractivity contribution in [3.8, 4) is 0 Å². The zero-order valence-electron chi connectivity index (χ0n) is 14.3. The second-order valence-electron chi connectivity index (χ2n) is 6.28. The highest BCUT2D eigenvalue weighted by Gasteiger charge is 2.37. The average Bonchev–Trinajstić information content (AvgIpc) is 3.04. The number of nitrogens with zero attached hydrogens (tertiary/aromatic N) is 4. The number of rotatable bonds is 4. The fourth-order valence-electron chi connectivity index (χ4n) is 2.95. The van der Waals surface area contributed by atoms with Crippen molar-refractivity contribution < 1.29 is 16.8 Å². The van der Waals surface area contributed by atoms with Gasteiger partial charge in [0.15, 0.2) is 0 Å². The Morgan fingerprint density at radius 3 is 2.35 bits per heavy atom. The molecule has 0 spiro atoms. The van der Waals surface area contributed by atoms with Crippen LogP contribution in [-0.2, 0) is 26.9 Å². The van der Waals surface area contributed by atoms with E-state index in [1.165, 1.54) is 27.3 Å². The molecule has 2 heterocycles. The molecule has 0 aliphatic carbocycles. The summed E-state index contributed by atoms with van der Waals surface area (Å²) in [6, 6.07) is 4.59. The highest BCUT2D eigenvalue weighted by Crippen LogP contribution is 2.28. The molecule has 0 unspecified atom stereocenters. The van der Waals surface area contributed by atoms with Crippen molar-refractivity contribution in [1.29, 1.82) is 0 Å². The Morgan fingerprint density at radius 2 is 1.81 bits per heavy atom. The predicted molar refractivity (Wildman–Crippen MR) is 96.2 cm³/mol. The monoisotopic (exact) mass is 418 g/mol. The molecule has 0 N–H and O–H groups in total. The zero-order chi connectivity index (χ0) is 19.1. The van der Waals surface area contributed by atoms with Crippen LogP contribution in [0.3, 0.4) is 0 Å². The maximum atomic E-state index is 12.8. The third-order valence-corrected chi connectivity index (χ3v) is 9.07. The van der Waals surface area contributed by atoms with Gasteiger partial charge in [-0.15, -0.1) is 10.2 Å². The fraction of sp³-hybridized carbons (Fsp3) is 0.467. The molecule has 0 atom stereocenters. The van der Waals surface area contributed by atoms with Crippen LogP contribution in [0.4, 0.5) is 0 Å². The number of aryl methyl sites for hydroxylation is 2. The Morgan fingerprint density at radius 1 is 1.15 bits per heavy atom. The Kier molecular flexibility index (Phi) is 5.13. The lowest BCUT2D eigenvalue weighted by Crippen LogP contribution is -2.42. The van der Waals surface area contributed by atoms with Gasteiger partial charge in [0.1, 0.15) is 6.33 Å². The molecule has 26 heavy (non-hydrogen) atoms. The molecule has 1 aliphatic rings. The first kappa shape index (κ1) is 19.3. The van der Waals surface area contributed by atoms with Gasteiger partial charge in [0.25, 0.3) is 0 Å².